The fourth-order valence-electron chi connectivity index (χ4n) is 4.68. The summed E-state index contributed by atoms with van der Waals surface area (Å²) in [6.07, 6.45) is 3.36. The Kier molecular flexibility index (Phi) is 5.90. The summed E-state index contributed by atoms with van der Waals surface area (Å²) in [4.78, 5) is 46.7. The van der Waals surface area contributed by atoms with Gasteiger partial charge in [0.15, 0.2) is 5.65 Å². The molecule has 168 valence electrons. The molecular weight excluding hydrogens is 394 g/mol. The summed E-state index contributed by atoms with van der Waals surface area (Å²) in [5.74, 6) is 0.387. The molecule has 2 amide bonds. The second kappa shape index (κ2) is 8.48. The number of aromatic amines is 1. The molecular formula is C23H33N5O3. The molecule has 4 heterocycles. The Balaban J connectivity index is 1.61. The first-order valence-electron chi connectivity index (χ1n) is 11.5. The van der Waals surface area contributed by atoms with Gasteiger partial charge in [-0.2, -0.15) is 0 Å². The number of hydrogen-bond donors (Lipinski definition) is 1. The van der Waals surface area contributed by atoms with E-state index in [9.17, 15) is 14.4 Å². The van der Waals surface area contributed by atoms with Crippen LogP contribution >= 0.6 is 0 Å². The maximum Gasteiger partial charge on any atom is 0.277 e. The van der Waals surface area contributed by atoms with E-state index in [0.717, 1.165) is 37.2 Å². The molecule has 8 heteroatoms. The van der Waals surface area contributed by atoms with E-state index >= 15 is 0 Å². The number of carbonyl (C=O) groups is 2. The molecule has 0 bridgehead atoms. The normalized spacial score (nSPS) is 20.2. The zero-order valence-electron chi connectivity index (χ0n) is 19.0. The summed E-state index contributed by atoms with van der Waals surface area (Å²) in [5, 5.41) is 3.25. The minimum absolute atomic E-state index is 0.0361. The van der Waals surface area contributed by atoms with Crippen LogP contribution in [0.1, 0.15) is 69.8 Å². The van der Waals surface area contributed by atoms with Gasteiger partial charge < -0.3 is 9.80 Å². The van der Waals surface area contributed by atoms with Crippen LogP contribution in [0, 0.1) is 11.8 Å². The van der Waals surface area contributed by atoms with Crippen molar-refractivity contribution in [2.45, 2.75) is 65.8 Å². The molecule has 8 nitrogen and oxygen atoms in total. The molecule has 2 atom stereocenters. The maximum atomic E-state index is 13.2. The van der Waals surface area contributed by atoms with E-state index in [2.05, 4.69) is 5.10 Å². The third kappa shape index (κ3) is 4.00. The predicted molar refractivity (Wildman–Crippen MR) is 118 cm³/mol. The summed E-state index contributed by atoms with van der Waals surface area (Å²) >= 11 is 0. The van der Waals surface area contributed by atoms with Crippen molar-refractivity contribution >= 4 is 17.5 Å². The quantitative estimate of drug-likeness (QED) is 0.811. The first-order valence-corrected chi connectivity index (χ1v) is 11.5. The summed E-state index contributed by atoms with van der Waals surface area (Å²) in [7, 11) is 0. The molecule has 1 fully saturated rings. The van der Waals surface area contributed by atoms with Crippen LogP contribution in [0.15, 0.2) is 10.9 Å². The van der Waals surface area contributed by atoms with Gasteiger partial charge in [-0.1, -0.05) is 27.7 Å². The van der Waals surface area contributed by atoms with Crippen molar-refractivity contribution in [1.82, 2.24) is 24.4 Å². The van der Waals surface area contributed by atoms with Crippen LogP contribution < -0.4 is 5.56 Å². The second-order valence-corrected chi connectivity index (χ2v) is 9.34. The lowest BCUT2D eigenvalue weighted by atomic mass is 9.93. The molecule has 4 rings (SSSR count). The number of fused-ring (bicyclic) bond motifs is 2. The largest absolute Gasteiger partial charge is 0.342 e. The van der Waals surface area contributed by atoms with Crippen LogP contribution in [0.5, 0.6) is 0 Å². The number of aromatic nitrogens is 3. The molecule has 2 aromatic rings. The molecule has 0 unspecified atom stereocenters. The highest BCUT2D eigenvalue weighted by molar-refractivity contribution is 5.79. The van der Waals surface area contributed by atoms with E-state index in [1.165, 1.54) is 4.52 Å². The van der Waals surface area contributed by atoms with Crippen molar-refractivity contribution in [3.05, 3.63) is 33.4 Å². The molecule has 1 N–H and O–H groups in total. The average molecular weight is 428 g/mol. The number of amides is 2. The van der Waals surface area contributed by atoms with Crippen LogP contribution in [0.25, 0.3) is 5.65 Å². The third-order valence-corrected chi connectivity index (χ3v) is 6.79. The lowest BCUT2D eigenvalue weighted by Gasteiger charge is -2.33. The minimum Gasteiger partial charge on any atom is -0.342 e. The molecule has 31 heavy (non-hydrogen) atoms. The van der Waals surface area contributed by atoms with Crippen LogP contribution in [0.2, 0.25) is 0 Å². The van der Waals surface area contributed by atoms with Crippen molar-refractivity contribution < 1.29 is 9.59 Å². The number of rotatable bonds is 4. The van der Waals surface area contributed by atoms with E-state index in [4.69, 9.17) is 4.98 Å². The fourth-order valence-corrected chi connectivity index (χ4v) is 4.68. The standard InChI is InChI=1S/C23H33N5O3/c1-5-15(4)22(30)26-9-6-7-16(12-26)19-11-20-24-18-8-10-27(21(29)14(2)3)13-17(18)23(31)28(20)25-19/h11,14-16,25H,5-10,12-13H2,1-4H3/t15-,16+/m1/s1. The SMILES string of the molecule is CC[C@@H](C)C(=O)N1CCC[C@H](c2cc3nc4c(c(=O)n3[nH]2)CN(C(=O)C(C)C)CC4)C1. The molecule has 0 aliphatic carbocycles. The number of piperidine rings is 1. The zero-order valence-corrected chi connectivity index (χ0v) is 19.0. The lowest BCUT2D eigenvalue weighted by Crippen LogP contribution is -2.42. The van der Waals surface area contributed by atoms with Crippen molar-refractivity contribution in [2.75, 3.05) is 19.6 Å². The molecule has 0 saturated carbocycles. The molecule has 2 aromatic heterocycles. The third-order valence-electron chi connectivity index (χ3n) is 6.79. The monoisotopic (exact) mass is 427 g/mol. The van der Waals surface area contributed by atoms with E-state index < -0.39 is 0 Å². The maximum absolute atomic E-state index is 13.2. The van der Waals surface area contributed by atoms with Crippen LogP contribution in [-0.4, -0.2) is 55.8 Å². The van der Waals surface area contributed by atoms with Gasteiger partial charge in [0.1, 0.15) is 0 Å². The molecule has 0 aromatic carbocycles. The van der Waals surface area contributed by atoms with Crippen molar-refractivity contribution in [3.8, 4) is 0 Å². The van der Waals surface area contributed by atoms with Crippen LogP contribution in [0.4, 0.5) is 0 Å². The molecule has 0 radical (unpaired) electrons. The molecule has 0 spiro atoms. The summed E-state index contributed by atoms with van der Waals surface area (Å²) in [6.45, 7) is 10.2. The summed E-state index contributed by atoms with van der Waals surface area (Å²) < 4.78 is 1.51. The van der Waals surface area contributed by atoms with Crippen LogP contribution in [-0.2, 0) is 22.6 Å². The number of H-pyrrole nitrogens is 1. The predicted octanol–water partition coefficient (Wildman–Crippen LogP) is 2.32. The Bertz CT molecular complexity index is 1050. The lowest BCUT2D eigenvalue weighted by molar-refractivity contribution is -0.136. The van der Waals surface area contributed by atoms with Gasteiger partial charge in [-0.15, -0.1) is 0 Å². The highest BCUT2D eigenvalue weighted by Gasteiger charge is 2.30. The van der Waals surface area contributed by atoms with Gasteiger partial charge >= 0.3 is 0 Å². The molecule has 1 saturated heterocycles. The van der Waals surface area contributed by atoms with E-state index in [1.807, 2.05) is 38.7 Å². The number of nitrogens with one attached hydrogen (secondary N) is 1. The highest BCUT2D eigenvalue weighted by atomic mass is 16.2. The fraction of sp³-hybridized carbons (Fsp3) is 0.652. The first kappa shape index (κ1) is 21.6. The van der Waals surface area contributed by atoms with E-state index in [-0.39, 0.29) is 35.1 Å². The van der Waals surface area contributed by atoms with Crippen molar-refractivity contribution in [3.63, 3.8) is 0 Å². The Labute approximate surface area is 182 Å². The van der Waals surface area contributed by atoms with Crippen LogP contribution in [0.3, 0.4) is 0 Å². The number of carbonyl (C=O) groups excluding carboxylic acids is 2. The topological polar surface area (TPSA) is 90.8 Å². The Morgan fingerprint density at radius 1 is 1.19 bits per heavy atom. The van der Waals surface area contributed by atoms with Gasteiger partial charge in [0.25, 0.3) is 5.56 Å². The molecule has 2 aliphatic heterocycles. The van der Waals surface area contributed by atoms with Gasteiger partial charge in [0.2, 0.25) is 11.8 Å². The number of nitrogens with zero attached hydrogens (tertiary/aromatic N) is 4. The Morgan fingerprint density at radius 2 is 1.97 bits per heavy atom. The van der Waals surface area contributed by atoms with E-state index in [1.54, 1.807) is 4.90 Å². The van der Waals surface area contributed by atoms with E-state index in [0.29, 0.717) is 37.3 Å². The Morgan fingerprint density at radius 3 is 2.68 bits per heavy atom. The number of hydrogen-bond acceptors (Lipinski definition) is 4. The molecule has 2 aliphatic rings. The van der Waals surface area contributed by atoms with Crippen molar-refractivity contribution in [1.29, 1.82) is 0 Å². The van der Waals surface area contributed by atoms with Gasteiger partial charge in [-0.05, 0) is 19.3 Å². The summed E-state index contributed by atoms with van der Waals surface area (Å²) in [6, 6.07) is 1.95. The first-order chi connectivity index (χ1) is 14.8. The van der Waals surface area contributed by atoms with Gasteiger partial charge in [0, 0.05) is 55.6 Å². The summed E-state index contributed by atoms with van der Waals surface area (Å²) in [5.41, 5.74) is 2.83. The smallest absolute Gasteiger partial charge is 0.277 e. The highest BCUT2D eigenvalue weighted by Crippen LogP contribution is 2.28. The van der Waals surface area contributed by atoms with Crippen molar-refractivity contribution in [2.24, 2.45) is 11.8 Å². The second-order valence-electron chi connectivity index (χ2n) is 9.34. The number of likely N-dealkylation sites (tertiary alicyclic amines) is 1. The van der Waals surface area contributed by atoms with Gasteiger partial charge in [-0.25, -0.2) is 9.50 Å². The Hall–Kier alpha value is -2.64. The average Bonchev–Trinajstić information content (AvgIpc) is 3.22. The van der Waals surface area contributed by atoms with Gasteiger partial charge in [-0.3, -0.25) is 19.5 Å². The minimum atomic E-state index is -0.129. The zero-order chi connectivity index (χ0) is 22.3. The van der Waals surface area contributed by atoms with Gasteiger partial charge in [0.05, 0.1) is 17.8 Å².